The van der Waals surface area contributed by atoms with Gasteiger partial charge in [-0.15, -0.1) is 0 Å². The van der Waals surface area contributed by atoms with E-state index in [9.17, 15) is 0 Å². The van der Waals surface area contributed by atoms with Crippen LogP contribution < -0.4 is 15.8 Å². The van der Waals surface area contributed by atoms with Crippen molar-refractivity contribution in [1.82, 2.24) is 10.2 Å². The molecule has 1 heterocycles. The van der Waals surface area contributed by atoms with Crippen LogP contribution in [-0.2, 0) is 0 Å². The van der Waals surface area contributed by atoms with Gasteiger partial charge < -0.3 is 15.8 Å². The first kappa shape index (κ1) is 12.3. The highest BCUT2D eigenvalue weighted by atomic mass is 16.5. The lowest BCUT2D eigenvalue weighted by Crippen LogP contribution is -1.97. The van der Waals surface area contributed by atoms with E-state index in [2.05, 4.69) is 15.5 Å². The number of hydrogen-bond acceptors (Lipinski definition) is 4. The van der Waals surface area contributed by atoms with E-state index >= 15 is 0 Å². The second-order valence-corrected chi connectivity index (χ2v) is 4.48. The first-order chi connectivity index (χ1) is 9.76. The van der Waals surface area contributed by atoms with Gasteiger partial charge in [0.2, 0.25) is 0 Å². The van der Waals surface area contributed by atoms with Gasteiger partial charge in [0.05, 0.1) is 29.7 Å². The van der Waals surface area contributed by atoms with Crippen LogP contribution in [0.2, 0.25) is 0 Å². The van der Waals surface area contributed by atoms with Crippen LogP contribution in [0.25, 0.3) is 10.9 Å². The molecule has 2 aromatic carbocycles. The highest BCUT2D eigenvalue weighted by molar-refractivity contribution is 5.89. The SMILES string of the molecule is CCOc1ccc(Nc2cc3[nH]ncc3cc2N)cc1. The Labute approximate surface area is 116 Å². The van der Waals surface area contributed by atoms with Gasteiger partial charge in [0.25, 0.3) is 0 Å². The third-order valence-electron chi connectivity index (χ3n) is 3.05. The molecule has 0 aliphatic heterocycles. The van der Waals surface area contributed by atoms with Gasteiger partial charge in [-0.1, -0.05) is 0 Å². The van der Waals surface area contributed by atoms with Gasteiger partial charge in [0, 0.05) is 11.1 Å². The Morgan fingerprint density at radius 2 is 2.05 bits per heavy atom. The van der Waals surface area contributed by atoms with Crippen LogP contribution in [0.3, 0.4) is 0 Å². The summed E-state index contributed by atoms with van der Waals surface area (Å²) in [5, 5.41) is 11.2. The molecule has 0 aliphatic carbocycles. The van der Waals surface area contributed by atoms with E-state index in [0.717, 1.165) is 28.0 Å². The van der Waals surface area contributed by atoms with Crippen molar-refractivity contribution >= 4 is 28.0 Å². The number of H-pyrrole nitrogens is 1. The summed E-state index contributed by atoms with van der Waals surface area (Å²) in [5.74, 6) is 0.857. The molecule has 5 heteroatoms. The topological polar surface area (TPSA) is 76.0 Å². The Kier molecular flexibility index (Phi) is 3.16. The average Bonchev–Trinajstić information content (AvgIpc) is 2.89. The molecule has 4 N–H and O–H groups in total. The standard InChI is InChI=1S/C15H16N4O/c1-2-20-12-5-3-11(4-6-12)18-15-8-14-10(7-13(15)16)9-17-19-14/h3-9,18H,2,16H2,1H3,(H,17,19). The number of benzene rings is 2. The molecular formula is C15H16N4O. The van der Waals surface area contributed by atoms with Crippen LogP contribution in [0.1, 0.15) is 6.92 Å². The lowest BCUT2D eigenvalue weighted by Gasteiger charge is -2.10. The van der Waals surface area contributed by atoms with Crippen molar-refractivity contribution in [3.8, 4) is 5.75 Å². The average molecular weight is 268 g/mol. The summed E-state index contributed by atoms with van der Waals surface area (Å²) in [4.78, 5) is 0. The van der Waals surface area contributed by atoms with Crippen molar-refractivity contribution in [3.63, 3.8) is 0 Å². The molecule has 0 bridgehead atoms. The smallest absolute Gasteiger partial charge is 0.119 e. The first-order valence-electron chi connectivity index (χ1n) is 6.49. The molecule has 0 radical (unpaired) electrons. The number of aromatic amines is 1. The monoisotopic (exact) mass is 268 g/mol. The van der Waals surface area contributed by atoms with Crippen molar-refractivity contribution < 1.29 is 4.74 Å². The number of nitrogens with zero attached hydrogens (tertiary/aromatic N) is 1. The Hall–Kier alpha value is -2.69. The van der Waals surface area contributed by atoms with E-state index in [0.29, 0.717) is 12.3 Å². The van der Waals surface area contributed by atoms with Crippen molar-refractivity contribution in [2.75, 3.05) is 17.7 Å². The summed E-state index contributed by atoms with van der Waals surface area (Å²) >= 11 is 0. The molecule has 0 amide bonds. The van der Waals surface area contributed by atoms with Crippen LogP contribution >= 0.6 is 0 Å². The third kappa shape index (κ3) is 2.38. The summed E-state index contributed by atoms with van der Waals surface area (Å²) in [6, 6.07) is 11.6. The first-order valence-corrected chi connectivity index (χ1v) is 6.49. The van der Waals surface area contributed by atoms with E-state index in [1.807, 2.05) is 43.3 Å². The molecule has 0 aliphatic rings. The van der Waals surface area contributed by atoms with E-state index < -0.39 is 0 Å². The van der Waals surface area contributed by atoms with Crippen molar-refractivity contribution in [2.24, 2.45) is 0 Å². The number of fused-ring (bicyclic) bond motifs is 1. The molecule has 102 valence electrons. The molecule has 3 aromatic rings. The van der Waals surface area contributed by atoms with Gasteiger partial charge >= 0.3 is 0 Å². The Bertz CT molecular complexity index is 718. The van der Waals surface area contributed by atoms with Crippen LogP contribution in [0.15, 0.2) is 42.6 Å². The molecule has 3 rings (SSSR count). The Balaban J connectivity index is 1.86. The van der Waals surface area contributed by atoms with Gasteiger partial charge in [0.1, 0.15) is 5.75 Å². The molecule has 20 heavy (non-hydrogen) atoms. The molecular weight excluding hydrogens is 252 g/mol. The molecule has 0 spiro atoms. The molecule has 0 saturated carbocycles. The normalized spacial score (nSPS) is 10.7. The van der Waals surface area contributed by atoms with Crippen molar-refractivity contribution in [3.05, 3.63) is 42.6 Å². The van der Waals surface area contributed by atoms with E-state index in [1.165, 1.54) is 0 Å². The van der Waals surface area contributed by atoms with Crippen molar-refractivity contribution in [1.29, 1.82) is 0 Å². The largest absolute Gasteiger partial charge is 0.494 e. The van der Waals surface area contributed by atoms with Gasteiger partial charge in [0.15, 0.2) is 0 Å². The maximum Gasteiger partial charge on any atom is 0.119 e. The van der Waals surface area contributed by atoms with Crippen LogP contribution in [0.4, 0.5) is 17.1 Å². The number of rotatable bonds is 4. The molecule has 0 atom stereocenters. The highest BCUT2D eigenvalue weighted by Gasteiger charge is 2.04. The van der Waals surface area contributed by atoms with Crippen LogP contribution in [0.5, 0.6) is 5.75 Å². The van der Waals surface area contributed by atoms with E-state index in [4.69, 9.17) is 10.5 Å². The van der Waals surface area contributed by atoms with Gasteiger partial charge in [-0.3, -0.25) is 5.10 Å². The lowest BCUT2D eigenvalue weighted by atomic mass is 10.2. The predicted molar refractivity (Wildman–Crippen MR) is 81.4 cm³/mol. The molecule has 5 nitrogen and oxygen atoms in total. The number of ether oxygens (including phenoxy) is 1. The van der Waals surface area contributed by atoms with Gasteiger partial charge in [-0.05, 0) is 43.3 Å². The number of aromatic nitrogens is 2. The maximum atomic E-state index is 6.04. The number of hydrogen-bond donors (Lipinski definition) is 3. The molecule has 1 aromatic heterocycles. The number of nitrogen functional groups attached to an aromatic ring is 1. The number of anilines is 3. The summed E-state index contributed by atoms with van der Waals surface area (Å²) in [6.45, 7) is 2.63. The number of nitrogens with one attached hydrogen (secondary N) is 2. The molecule has 0 unspecified atom stereocenters. The zero-order chi connectivity index (χ0) is 13.9. The highest BCUT2D eigenvalue weighted by Crippen LogP contribution is 2.28. The minimum atomic E-state index is 0.663. The minimum Gasteiger partial charge on any atom is -0.494 e. The second kappa shape index (κ2) is 5.13. The summed E-state index contributed by atoms with van der Waals surface area (Å²) in [5.41, 5.74) is 9.49. The second-order valence-electron chi connectivity index (χ2n) is 4.48. The fourth-order valence-corrected chi connectivity index (χ4v) is 2.07. The van der Waals surface area contributed by atoms with E-state index in [-0.39, 0.29) is 0 Å². The summed E-state index contributed by atoms with van der Waals surface area (Å²) in [6.07, 6.45) is 1.76. The predicted octanol–water partition coefficient (Wildman–Crippen LogP) is 3.29. The third-order valence-corrected chi connectivity index (χ3v) is 3.05. The Morgan fingerprint density at radius 1 is 1.25 bits per heavy atom. The van der Waals surface area contributed by atoms with Gasteiger partial charge in [-0.25, -0.2) is 0 Å². The lowest BCUT2D eigenvalue weighted by molar-refractivity contribution is 0.340. The fraction of sp³-hybridized carbons (Fsp3) is 0.133. The number of nitrogens with two attached hydrogens (primary N) is 1. The maximum absolute atomic E-state index is 6.04. The van der Waals surface area contributed by atoms with Crippen LogP contribution in [0, 0.1) is 0 Å². The van der Waals surface area contributed by atoms with Crippen molar-refractivity contribution in [2.45, 2.75) is 6.92 Å². The quantitative estimate of drug-likeness (QED) is 0.635. The zero-order valence-electron chi connectivity index (χ0n) is 11.2. The summed E-state index contributed by atoms with van der Waals surface area (Å²) < 4.78 is 5.42. The molecule has 0 fully saturated rings. The zero-order valence-corrected chi connectivity index (χ0v) is 11.2. The summed E-state index contributed by atoms with van der Waals surface area (Å²) in [7, 11) is 0. The molecule has 0 saturated heterocycles. The minimum absolute atomic E-state index is 0.663. The fourth-order valence-electron chi connectivity index (χ4n) is 2.07. The van der Waals surface area contributed by atoms with E-state index in [1.54, 1.807) is 6.20 Å². The Morgan fingerprint density at radius 3 is 2.80 bits per heavy atom. The van der Waals surface area contributed by atoms with Gasteiger partial charge in [-0.2, -0.15) is 5.10 Å². The van der Waals surface area contributed by atoms with Crippen LogP contribution in [-0.4, -0.2) is 16.8 Å².